The van der Waals surface area contributed by atoms with Gasteiger partial charge >= 0.3 is 0 Å². The molecule has 154 valence electrons. The molecule has 0 spiro atoms. The number of carbonyl (C=O) groups is 1. The van der Waals surface area contributed by atoms with Crippen LogP contribution in [-0.4, -0.2) is 61.2 Å². The zero-order valence-corrected chi connectivity index (χ0v) is 16.9. The maximum Gasteiger partial charge on any atom is 0.269 e. The Morgan fingerprint density at radius 2 is 1.62 bits per heavy atom. The number of hydrogen-bond acceptors (Lipinski definition) is 6. The monoisotopic (exact) mass is 438 g/mol. The van der Waals surface area contributed by atoms with E-state index in [-0.39, 0.29) is 36.1 Å². The number of carbonyl (C=O) groups excluding carboxylic acids is 1. The molecule has 29 heavy (non-hydrogen) atoms. The van der Waals surface area contributed by atoms with Crippen LogP contribution in [0.5, 0.6) is 0 Å². The molecule has 1 amide bonds. The van der Waals surface area contributed by atoms with Crippen molar-refractivity contribution in [3.63, 3.8) is 0 Å². The van der Waals surface area contributed by atoms with Gasteiger partial charge in [0.1, 0.15) is 0 Å². The molecular formula is C18H19ClN4O5S. The first-order valence-corrected chi connectivity index (χ1v) is 10.6. The van der Waals surface area contributed by atoms with E-state index in [1.54, 1.807) is 0 Å². The van der Waals surface area contributed by atoms with Gasteiger partial charge in [0.15, 0.2) is 0 Å². The lowest BCUT2D eigenvalue weighted by atomic mass is 10.3. The van der Waals surface area contributed by atoms with E-state index in [1.165, 1.54) is 52.8 Å². The van der Waals surface area contributed by atoms with Gasteiger partial charge in [-0.05, 0) is 36.4 Å². The molecule has 1 N–H and O–H groups in total. The summed E-state index contributed by atoms with van der Waals surface area (Å²) in [5.74, 6) is -0.270. The van der Waals surface area contributed by atoms with Gasteiger partial charge in [0.2, 0.25) is 15.9 Å². The van der Waals surface area contributed by atoms with Crippen molar-refractivity contribution in [1.29, 1.82) is 0 Å². The fourth-order valence-corrected chi connectivity index (χ4v) is 4.50. The fraction of sp³-hybridized carbons (Fsp3) is 0.278. The molecule has 0 atom stereocenters. The molecule has 1 saturated heterocycles. The average molecular weight is 439 g/mol. The zero-order valence-electron chi connectivity index (χ0n) is 15.3. The third-order valence-electron chi connectivity index (χ3n) is 4.51. The Bertz CT molecular complexity index is 988. The summed E-state index contributed by atoms with van der Waals surface area (Å²) < 4.78 is 26.8. The normalized spacial score (nSPS) is 15.8. The summed E-state index contributed by atoms with van der Waals surface area (Å²) in [6.07, 6.45) is 0. The zero-order chi connectivity index (χ0) is 21.0. The molecule has 0 saturated carbocycles. The molecule has 2 aromatic rings. The molecule has 1 heterocycles. The lowest BCUT2D eigenvalue weighted by Crippen LogP contribution is -2.50. The summed E-state index contributed by atoms with van der Waals surface area (Å²) >= 11 is 5.81. The fourth-order valence-electron chi connectivity index (χ4n) is 2.95. The van der Waals surface area contributed by atoms with Gasteiger partial charge in [0, 0.05) is 49.0 Å². The smallest absolute Gasteiger partial charge is 0.269 e. The summed E-state index contributed by atoms with van der Waals surface area (Å²) in [7, 11) is -3.60. The van der Waals surface area contributed by atoms with Crippen LogP contribution in [0, 0.1) is 10.1 Å². The van der Waals surface area contributed by atoms with Crippen LogP contribution in [-0.2, 0) is 14.8 Å². The highest BCUT2D eigenvalue weighted by molar-refractivity contribution is 7.89. The van der Waals surface area contributed by atoms with E-state index in [0.29, 0.717) is 23.8 Å². The van der Waals surface area contributed by atoms with E-state index >= 15 is 0 Å². The van der Waals surface area contributed by atoms with Gasteiger partial charge in [-0.1, -0.05) is 11.6 Å². The quantitative estimate of drug-likeness (QED) is 0.546. The van der Waals surface area contributed by atoms with Crippen molar-refractivity contribution in [2.75, 3.05) is 38.0 Å². The number of hydrogen-bond donors (Lipinski definition) is 1. The van der Waals surface area contributed by atoms with Gasteiger partial charge in [-0.25, -0.2) is 8.42 Å². The summed E-state index contributed by atoms with van der Waals surface area (Å²) in [4.78, 5) is 24.4. The Morgan fingerprint density at radius 3 is 2.17 bits per heavy atom. The van der Waals surface area contributed by atoms with Gasteiger partial charge in [-0.3, -0.25) is 19.8 Å². The van der Waals surface area contributed by atoms with Crippen LogP contribution in [0.1, 0.15) is 0 Å². The molecule has 0 radical (unpaired) electrons. The van der Waals surface area contributed by atoms with Gasteiger partial charge in [0.25, 0.3) is 5.69 Å². The first-order chi connectivity index (χ1) is 13.8. The molecule has 1 aliphatic rings. The number of non-ortho nitro benzene ring substituents is 1. The average Bonchev–Trinajstić information content (AvgIpc) is 2.69. The minimum atomic E-state index is -3.60. The van der Waals surface area contributed by atoms with Crippen LogP contribution in [0.2, 0.25) is 5.02 Å². The van der Waals surface area contributed by atoms with Gasteiger partial charge in [0.05, 0.1) is 16.4 Å². The SMILES string of the molecule is O=C(CN1CCN(S(=O)(=O)c2ccc(Cl)cc2)CC1)Nc1ccc([N+](=O)[O-])cc1. The summed E-state index contributed by atoms with van der Waals surface area (Å²) in [6, 6.07) is 11.6. The van der Waals surface area contributed by atoms with Crippen molar-refractivity contribution in [1.82, 2.24) is 9.21 Å². The predicted octanol–water partition coefficient (Wildman–Crippen LogP) is 2.19. The van der Waals surface area contributed by atoms with Crippen molar-refractivity contribution in [3.8, 4) is 0 Å². The van der Waals surface area contributed by atoms with Crippen LogP contribution in [0.3, 0.4) is 0 Å². The minimum absolute atomic E-state index is 0.0546. The van der Waals surface area contributed by atoms with E-state index < -0.39 is 14.9 Å². The highest BCUT2D eigenvalue weighted by Gasteiger charge is 2.29. The van der Waals surface area contributed by atoms with Gasteiger partial charge < -0.3 is 5.32 Å². The van der Waals surface area contributed by atoms with Crippen molar-refractivity contribution >= 4 is 38.9 Å². The topological polar surface area (TPSA) is 113 Å². The van der Waals surface area contributed by atoms with E-state index in [1.807, 2.05) is 4.90 Å². The van der Waals surface area contributed by atoms with Gasteiger partial charge in [-0.15, -0.1) is 0 Å². The lowest BCUT2D eigenvalue weighted by molar-refractivity contribution is -0.384. The van der Waals surface area contributed by atoms with Crippen molar-refractivity contribution in [2.24, 2.45) is 0 Å². The predicted molar refractivity (Wildman–Crippen MR) is 108 cm³/mol. The maximum atomic E-state index is 12.7. The maximum absolute atomic E-state index is 12.7. The van der Waals surface area contributed by atoms with Crippen LogP contribution in [0.4, 0.5) is 11.4 Å². The number of nitro benzene ring substituents is 1. The Morgan fingerprint density at radius 1 is 1.03 bits per heavy atom. The Labute approximate surface area is 173 Å². The number of benzene rings is 2. The number of halogens is 1. The highest BCUT2D eigenvalue weighted by Crippen LogP contribution is 2.20. The summed E-state index contributed by atoms with van der Waals surface area (Å²) in [6.45, 7) is 1.48. The third kappa shape index (κ3) is 5.30. The van der Waals surface area contributed by atoms with Crippen molar-refractivity contribution in [3.05, 3.63) is 63.7 Å². The van der Waals surface area contributed by atoms with E-state index in [4.69, 9.17) is 11.6 Å². The molecule has 0 aromatic heterocycles. The number of nitrogens with one attached hydrogen (secondary N) is 1. The molecule has 11 heteroatoms. The minimum Gasteiger partial charge on any atom is -0.325 e. The second-order valence-corrected chi connectivity index (χ2v) is 8.86. The molecule has 0 bridgehead atoms. The summed E-state index contributed by atoms with van der Waals surface area (Å²) in [5.41, 5.74) is 0.408. The number of piperazine rings is 1. The summed E-state index contributed by atoms with van der Waals surface area (Å²) in [5, 5.41) is 13.8. The van der Waals surface area contributed by atoms with Crippen LogP contribution >= 0.6 is 11.6 Å². The van der Waals surface area contributed by atoms with Crippen LogP contribution in [0.25, 0.3) is 0 Å². The van der Waals surface area contributed by atoms with E-state index in [0.717, 1.165) is 0 Å². The Kier molecular flexibility index (Phi) is 6.48. The number of rotatable bonds is 6. The highest BCUT2D eigenvalue weighted by atomic mass is 35.5. The number of amides is 1. The first kappa shape index (κ1) is 21.2. The van der Waals surface area contributed by atoms with Crippen molar-refractivity contribution < 1.29 is 18.1 Å². The van der Waals surface area contributed by atoms with Crippen LogP contribution < -0.4 is 5.32 Å². The molecule has 9 nitrogen and oxygen atoms in total. The van der Waals surface area contributed by atoms with Crippen molar-refractivity contribution in [2.45, 2.75) is 4.90 Å². The molecule has 0 aliphatic carbocycles. The molecular weight excluding hydrogens is 420 g/mol. The number of nitrogens with zero attached hydrogens (tertiary/aromatic N) is 3. The van der Waals surface area contributed by atoms with Gasteiger partial charge in [-0.2, -0.15) is 4.31 Å². The molecule has 1 aliphatic heterocycles. The van der Waals surface area contributed by atoms with E-state index in [2.05, 4.69) is 5.32 Å². The molecule has 2 aromatic carbocycles. The number of nitro groups is 1. The Balaban J connectivity index is 1.52. The molecule has 0 unspecified atom stereocenters. The number of anilines is 1. The largest absolute Gasteiger partial charge is 0.325 e. The lowest BCUT2D eigenvalue weighted by Gasteiger charge is -2.33. The first-order valence-electron chi connectivity index (χ1n) is 8.78. The standard InChI is InChI=1S/C18H19ClN4O5S/c19-14-1-7-17(8-2-14)29(27,28)22-11-9-21(10-12-22)13-18(24)20-15-3-5-16(6-4-15)23(25)26/h1-8H,9-13H2,(H,20,24). The second kappa shape index (κ2) is 8.87. The third-order valence-corrected chi connectivity index (χ3v) is 6.68. The van der Waals surface area contributed by atoms with E-state index in [9.17, 15) is 23.3 Å². The second-order valence-electron chi connectivity index (χ2n) is 6.49. The van der Waals surface area contributed by atoms with Crippen LogP contribution in [0.15, 0.2) is 53.4 Å². The molecule has 1 fully saturated rings. The Hall–Kier alpha value is -2.53. The molecule has 3 rings (SSSR count). The number of sulfonamides is 1.